The van der Waals surface area contributed by atoms with E-state index in [2.05, 4.69) is 10.3 Å². The maximum atomic E-state index is 11.8. The maximum absolute atomic E-state index is 11.8. The summed E-state index contributed by atoms with van der Waals surface area (Å²) in [6, 6.07) is 1.43. The Kier molecular flexibility index (Phi) is 3.64. The lowest BCUT2D eigenvalue weighted by molar-refractivity contribution is 0.692. The minimum Gasteiger partial charge on any atom is -0.330 e. The van der Waals surface area contributed by atoms with Crippen LogP contribution >= 0.6 is 0 Å². The van der Waals surface area contributed by atoms with Crippen LogP contribution < -0.4 is 16.6 Å². The molecule has 1 N–H and O–H groups in total. The molecule has 1 aromatic rings. The van der Waals surface area contributed by atoms with E-state index in [0.717, 1.165) is 36.2 Å². The van der Waals surface area contributed by atoms with Crippen molar-refractivity contribution in [3.05, 3.63) is 26.9 Å². The number of hydrogen-bond acceptors (Lipinski definition) is 4. The third kappa shape index (κ3) is 2.52. The molecule has 1 aliphatic heterocycles. The van der Waals surface area contributed by atoms with Gasteiger partial charge in [0.1, 0.15) is 11.7 Å². The summed E-state index contributed by atoms with van der Waals surface area (Å²) in [6.07, 6.45) is 4.22. The molecule has 18 heavy (non-hydrogen) atoms. The van der Waals surface area contributed by atoms with Gasteiger partial charge >= 0.3 is 5.69 Å². The summed E-state index contributed by atoms with van der Waals surface area (Å²) in [7, 11) is 3.11. The molecule has 0 saturated heterocycles. The first kappa shape index (κ1) is 12.6. The first-order valence-electron chi connectivity index (χ1n) is 6.17. The summed E-state index contributed by atoms with van der Waals surface area (Å²) in [5.74, 6) is 1.36. The van der Waals surface area contributed by atoms with E-state index in [1.54, 1.807) is 7.05 Å². The predicted molar refractivity (Wildman–Crippen MR) is 71.3 cm³/mol. The van der Waals surface area contributed by atoms with Gasteiger partial charge in [0.05, 0.1) is 0 Å². The second kappa shape index (κ2) is 5.20. The van der Waals surface area contributed by atoms with E-state index >= 15 is 0 Å². The maximum Gasteiger partial charge on any atom is 0.332 e. The SMILES string of the molecule is Cn1c(NC2=NCCCCC2)cc(=O)n(C)c1=O. The molecule has 0 saturated carbocycles. The number of aromatic nitrogens is 2. The van der Waals surface area contributed by atoms with Gasteiger partial charge in [0.2, 0.25) is 0 Å². The van der Waals surface area contributed by atoms with Crippen molar-refractivity contribution in [3.8, 4) is 0 Å². The van der Waals surface area contributed by atoms with E-state index in [0.29, 0.717) is 5.82 Å². The molecule has 2 heterocycles. The van der Waals surface area contributed by atoms with Crippen molar-refractivity contribution in [2.75, 3.05) is 11.9 Å². The zero-order valence-electron chi connectivity index (χ0n) is 10.8. The van der Waals surface area contributed by atoms with Crippen molar-refractivity contribution in [3.63, 3.8) is 0 Å². The van der Waals surface area contributed by atoms with Gasteiger partial charge in [0, 0.05) is 33.1 Å². The fourth-order valence-corrected chi connectivity index (χ4v) is 1.98. The summed E-state index contributed by atoms with van der Waals surface area (Å²) in [6.45, 7) is 0.807. The third-order valence-corrected chi connectivity index (χ3v) is 3.17. The van der Waals surface area contributed by atoms with Crippen molar-refractivity contribution in [2.24, 2.45) is 19.1 Å². The second-order valence-electron chi connectivity index (χ2n) is 4.53. The largest absolute Gasteiger partial charge is 0.332 e. The van der Waals surface area contributed by atoms with E-state index in [1.807, 2.05) is 0 Å². The van der Waals surface area contributed by atoms with Crippen LogP contribution in [0.3, 0.4) is 0 Å². The minimum atomic E-state index is -0.334. The Morgan fingerprint density at radius 1 is 1.17 bits per heavy atom. The smallest absolute Gasteiger partial charge is 0.330 e. The Balaban J connectivity index is 2.32. The Hall–Kier alpha value is -1.85. The highest BCUT2D eigenvalue weighted by molar-refractivity contribution is 5.94. The minimum absolute atomic E-state index is 0.310. The molecule has 0 fully saturated rings. The molecule has 0 unspecified atom stereocenters. The Morgan fingerprint density at radius 3 is 2.72 bits per heavy atom. The van der Waals surface area contributed by atoms with Crippen LogP contribution in [0, 0.1) is 0 Å². The summed E-state index contributed by atoms with van der Waals surface area (Å²) in [4.78, 5) is 27.8. The molecule has 6 heteroatoms. The Morgan fingerprint density at radius 2 is 1.94 bits per heavy atom. The van der Waals surface area contributed by atoms with E-state index in [1.165, 1.54) is 24.1 Å². The first-order valence-corrected chi connectivity index (χ1v) is 6.17. The van der Waals surface area contributed by atoms with Gasteiger partial charge in [-0.25, -0.2) is 4.79 Å². The molecule has 0 aromatic carbocycles. The van der Waals surface area contributed by atoms with Gasteiger partial charge in [-0.05, 0) is 12.8 Å². The van der Waals surface area contributed by atoms with Gasteiger partial charge in [-0.3, -0.25) is 18.9 Å². The van der Waals surface area contributed by atoms with Crippen LogP contribution in [0.4, 0.5) is 5.82 Å². The molecule has 1 aliphatic rings. The average molecular weight is 250 g/mol. The lowest BCUT2D eigenvalue weighted by atomic mass is 10.2. The molecule has 0 aliphatic carbocycles. The molecular formula is C12H18N4O2. The van der Waals surface area contributed by atoms with Crippen molar-refractivity contribution >= 4 is 11.7 Å². The average Bonchev–Trinajstić information content (AvgIpc) is 2.62. The number of nitrogens with one attached hydrogen (secondary N) is 1. The van der Waals surface area contributed by atoms with Gasteiger partial charge in [0.25, 0.3) is 5.56 Å². The topological polar surface area (TPSA) is 68.4 Å². The summed E-state index contributed by atoms with van der Waals surface area (Å²) in [5.41, 5.74) is -0.644. The molecule has 0 atom stereocenters. The standard InChI is InChI=1S/C12H18N4O2/c1-15-10(8-11(17)16(2)12(15)18)14-9-6-4-3-5-7-13-9/h8H,3-7H2,1-2H3,(H,13,14). The predicted octanol–water partition coefficient (Wildman–Crippen LogP) is 0.468. The fraction of sp³-hybridized carbons (Fsp3) is 0.583. The zero-order valence-corrected chi connectivity index (χ0v) is 10.8. The molecule has 0 spiro atoms. The highest BCUT2D eigenvalue weighted by Gasteiger charge is 2.09. The van der Waals surface area contributed by atoms with Gasteiger partial charge in [-0.15, -0.1) is 0 Å². The fourth-order valence-electron chi connectivity index (χ4n) is 1.98. The van der Waals surface area contributed by atoms with Crippen LogP contribution in [0.1, 0.15) is 25.7 Å². The highest BCUT2D eigenvalue weighted by atomic mass is 16.2. The van der Waals surface area contributed by atoms with Gasteiger partial charge in [-0.2, -0.15) is 0 Å². The number of aliphatic imine (C=N–C) groups is 1. The van der Waals surface area contributed by atoms with Gasteiger partial charge in [-0.1, -0.05) is 6.42 Å². The van der Waals surface area contributed by atoms with Crippen LogP contribution in [-0.4, -0.2) is 21.5 Å². The highest BCUT2D eigenvalue weighted by Crippen LogP contribution is 2.09. The molecule has 6 nitrogen and oxygen atoms in total. The van der Waals surface area contributed by atoms with E-state index in [4.69, 9.17) is 0 Å². The number of rotatable bonds is 1. The first-order chi connectivity index (χ1) is 8.59. The summed E-state index contributed by atoms with van der Waals surface area (Å²) >= 11 is 0. The number of anilines is 1. The Bertz CT molecular complexity index is 583. The second-order valence-corrected chi connectivity index (χ2v) is 4.53. The summed E-state index contributed by atoms with van der Waals surface area (Å²) in [5, 5.41) is 3.10. The van der Waals surface area contributed by atoms with Gasteiger partial charge < -0.3 is 5.32 Å². The van der Waals surface area contributed by atoms with Crippen molar-refractivity contribution in [1.82, 2.24) is 9.13 Å². The van der Waals surface area contributed by atoms with Crippen molar-refractivity contribution in [1.29, 1.82) is 0 Å². The lowest BCUT2D eigenvalue weighted by Crippen LogP contribution is -2.38. The normalized spacial score (nSPS) is 16.0. The number of nitrogens with zero attached hydrogens (tertiary/aromatic N) is 3. The molecule has 98 valence electrons. The van der Waals surface area contributed by atoms with Crippen LogP contribution in [0.25, 0.3) is 0 Å². The molecular weight excluding hydrogens is 232 g/mol. The van der Waals surface area contributed by atoms with E-state index < -0.39 is 0 Å². The molecule has 1 aromatic heterocycles. The lowest BCUT2D eigenvalue weighted by Gasteiger charge is -2.12. The van der Waals surface area contributed by atoms with Crippen LogP contribution in [-0.2, 0) is 14.1 Å². The zero-order chi connectivity index (χ0) is 13.1. The van der Waals surface area contributed by atoms with Crippen LogP contribution in [0.2, 0.25) is 0 Å². The number of amidine groups is 1. The molecule has 0 bridgehead atoms. The third-order valence-electron chi connectivity index (χ3n) is 3.17. The quantitative estimate of drug-likeness (QED) is 0.787. The molecule has 0 amide bonds. The van der Waals surface area contributed by atoms with E-state index in [-0.39, 0.29) is 11.2 Å². The van der Waals surface area contributed by atoms with Crippen LogP contribution in [0.5, 0.6) is 0 Å². The van der Waals surface area contributed by atoms with E-state index in [9.17, 15) is 9.59 Å². The molecule has 0 radical (unpaired) electrons. The van der Waals surface area contributed by atoms with Crippen LogP contribution in [0.15, 0.2) is 20.6 Å². The van der Waals surface area contributed by atoms with Crippen molar-refractivity contribution < 1.29 is 0 Å². The van der Waals surface area contributed by atoms with Crippen molar-refractivity contribution in [2.45, 2.75) is 25.7 Å². The monoisotopic (exact) mass is 250 g/mol. The van der Waals surface area contributed by atoms with Gasteiger partial charge in [0.15, 0.2) is 0 Å². The Labute approximate surface area is 105 Å². The number of hydrogen-bond donors (Lipinski definition) is 1. The summed E-state index contributed by atoms with van der Waals surface area (Å²) < 4.78 is 2.51. The molecule has 2 rings (SSSR count).